The van der Waals surface area contributed by atoms with Crippen LogP contribution >= 0.6 is 0 Å². The molecule has 3 heterocycles. The van der Waals surface area contributed by atoms with Crippen LogP contribution in [0.15, 0.2) is 42.5 Å². The third kappa shape index (κ3) is 7.32. The Bertz CT molecular complexity index is 1420. The van der Waals surface area contributed by atoms with Crippen LogP contribution in [0, 0.1) is 17.8 Å². The summed E-state index contributed by atoms with van der Waals surface area (Å²) < 4.78 is 53.2. The Hall–Kier alpha value is -3.31. The topological polar surface area (TPSA) is 82.6 Å². The Kier molecular flexibility index (Phi) is 10.6. The number of methoxy groups -OCH3 is 1. The zero-order valence-corrected chi connectivity index (χ0v) is 28.0. The predicted octanol–water partition coefficient (Wildman–Crippen LogP) is 6.25. The molecule has 4 fully saturated rings. The highest BCUT2D eigenvalue weighted by Gasteiger charge is 2.46. The molecule has 1 saturated carbocycles. The van der Waals surface area contributed by atoms with Gasteiger partial charge < -0.3 is 24.4 Å². The summed E-state index contributed by atoms with van der Waals surface area (Å²) in [6, 6.07) is 12.4. The highest BCUT2D eigenvalue weighted by molar-refractivity contribution is 5.81. The lowest BCUT2D eigenvalue weighted by Crippen LogP contribution is -2.39. The molecule has 262 valence electrons. The number of carboxylic acid groups (broad SMARTS) is 1. The summed E-state index contributed by atoms with van der Waals surface area (Å²) in [5.41, 5.74) is 1.64. The number of nitrogens with zero attached hydrogens (tertiary/aromatic N) is 3. The monoisotopic (exact) mass is 671 g/mol. The highest BCUT2D eigenvalue weighted by Crippen LogP contribution is 2.44. The van der Waals surface area contributed by atoms with Gasteiger partial charge in [-0.05, 0) is 68.0 Å². The lowest BCUT2D eigenvalue weighted by Gasteiger charge is -2.35. The van der Waals surface area contributed by atoms with Crippen molar-refractivity contribution in [3.05, 3.63) is 59.2 Å². The van der Waals surface area contributed by atoms with Crippen molar-refractivity contribution < 1.29 is 37.3 Å². The Morgan fingerprint density at radius 2 is 1.62 bits per heavy atom. The number of halogens is 3. The van der Waals surface area contributed by atoms with Crippen molar-refractivity contribution >= 4 is 17.6 Å². The van der Waals surface area contributed by atoms with E-state index in [1.807, 2.05) is 28.9 Å². The Morgan fingerprint density at radius 3 is 2.25 bits per heavy atom. The molecule has 0 spiro atoms. The number of anilines is 1. The minimum atomic E-state index is -4.51. The molecule has 0 aromatic heterocycles. The second-order valence-electron chi connectivity index (χ2n) is 14.0. The molecule has 0 bridgehead atoms. The molecule has 0 unspecified atom stereocenters. The number of piperidine rings is 1. The van der Waals surface area contributed by atoms with E-state index >= 15 is 0 Å². The second-order valence-corrected chi connectivity index (χ2v) is 14.0. The Morgan fingerprint density at radius 1 is 0.917 bits per heavy atom. The van der Waals surface area contributed by atoms with Crippen LogP contribution in [0.4, 0.5) is 18.9 Å². The number of benzene rings is 2. The zero-order chi connectivity index (χ0) is 34.0. The number of aliphatic carboxylic acids is 1. The second kappa shape index (κ2) is 14.7. The van der Waals surface area contributed by atoms with E-state index in [9.17, 15) is 27.9 Å². The van der Waals surface area contributed by atoms with Gasteiger partial charge in [0.15, 0.2) is 0 Å². The van der Waals surface area contributed by atoms with Gasteiger partial charge in [-0.25, -0.2) is 0 Å². The van der Waals surface area contributed by atoms with Crippen LogP contribution in [0.1, 0.15) is 74.0 Å². The molecule has 1 amide bonds. The fourth-order valence-electron chi connectivity index (χ4n) is 8.59. The molecule has 6 rings (SSSR count). The molecule has 2 aromatic carbocycles. The van der Waals surface area contributed by atoms with E-state index in [2.05, 4.69) is 17.0 Å². The van der Waals surface area contributed by atoms with Crippen molar-refractivity contribution in [1.29, 1.82) is 0 Å². The summed E-state index contributed by atoms with van der Waals surface area (Å²) in [5, 5.41) is 9.53. The van der Waals surface area contributed by atoms with Gasteiger partial charge in [-0.1, -0.05) is 31.0 Å². The van der Waals surface area contributed by atoms with Gasteiger partial charge in [0, 0.05) is 75.4 Å². The van der Waals surface area contributed by atoms with Gasteiger partial charge in [0.05, 0.1) is 31.1 Å². The summed E-state index contributed by atoms with van der Waals surface area (Å²) in [5.74, 6) is -1.02. The first-order valence-electron chi connectivity index (χ1n) is 17.5. The quantitative estimate of drug-likeness (QED) is 0.320. The fraction of sp³-hybridized carbons (Fsp3) is 0.622. The van der Waals surface area contributed by atoms with Crippen molar-refractivity contribution in [2.75, 3.05) is 64.5 Å². The first kappa shape index (κ1) is 34.5. The molecular weight excluding hydrogens is 623 g/mol. The minimum absolute atomic E-state index is 0.0329. The number of amides is 1. The van der Waals surface area contributed by atoms with Crippen LogP contribution in [0.2, 0.25) is 0 Å². The van der Waals surface area contributed by atoms with Gasteiger partial charge in [-0.2, -0.15) is 13.2 Å². The molecule has 48 heavy (non-hydrogen) atoms. The van der Waals surface area contributed by atoms with Gasteiger partial charge in [0.1, 0.15) is 5.75 Å². The van der Waals surface area contributed by atoms with Crippen LogP contribution in [0.3, 0.4) is 0 Å². The van der Waals surface area contributed by atoms with E-state index in [1.54, 1.807) is 13.2 Å². The van der Waals surface area contributed by atoms with Gasteiger partial charge in [-0.3, -0.25) is 14.5 Å². The molecular formula is C37H48F3N3O5. The van der Waals surface area contributed by atoms with Gasteiger partial charge >= 0.3 is 12.1 Å². The van der Waals surface area contributed by atoms with Crippen molar-refractivity contribution in [3.8, 4) is 5.75 Å². The Labute approximate surface area is 281 Å². The van der Waals surface area contributed by atoms with Crippen molar-refractivity contribution in [2.45, 2.75) is 69.5 Å². The van der Waals surface area contributed by atoms with E-state index in [-0.39, 0.29) is 29.6 Å². The molecule has 1 N–H and O–H groups in total. The number of alkyl halides is 3. The average molecular weight is 672 g/mol. The van der Waals surface area contributed by atoms with Crippen LogP contribution in [-0.4, -0.2) is 92.4 Å². The number of ether oxygens (including phenoxy) is 2. The van der Waals surface area contributed by atoms with Crippen LogP contribution < -0.4 is 9.64 Å². The van der Waals surface area contributed by atoms with E-state index in [0.717, 1.165) is 42.3 Å². The maximum atomic E-state index is 14.6. The van der Waals surface area contributed by atoms with Gasteiger partial charge in [-0.15, -0.1) is 0 Å². The van der Waals surface area contributed by atoms with Crippen LogP contribution in [0.25, 0.3) is 0 Å². The number of rotatable bonds is 10. The first-order valence-corrected chi connectivity index (χ1v) is 17.5. The number of hydrogen-bond donors (Lipinski definition) is 1. The van der Waals surface area contributed by atoms with E-state index in [4.69, 9.17) is 9.47 Å². The number of carboxylic acids is 1. The summed E-state index contributed by atoms with van der Waals surface area (Å²) in [6.07, 6.45) is 0.951. The lowest BCUT2D eigenvalue weighted by molar-refractivity contribution is -0.142. The van der Waals surface area contributed by atoms with E-state index in [1.165, 1.54) is 18.9 Å². The number of hydrogen-bond acceptors (Lipinski definition) is 6. The first-order chi connectivity index (χ1) is 23.1. The van der Waals surface area contributed by atoms with Crippen molar-refractivity contribution in [1.82, 2.24) is 9.80 Å². The normalized spacial score (nSPS) is 26.0. The summed E-state index contributed by atoms with van der Waals surface area (Å²) in [4.78, 5) is 32.6. The summed E-state index contributed by atoms with van der Waals surface area (Å²) in [7, 11) is 1.64. The van der Waals surface area contributed by atoms with Crippen LogP contribution in [-0.2, 0) is 20.5 Å². The number of carbonyl (C=O) groups excluding carboxylic acids is 1. The SMILES string of the molecule is CCOC[C@H]1CN(C(=O)[C@@H]2CN(C3CCCC3)C[C@H]2c2ccc(OC)cc2)C[C@@H]1c1ccc(C(F)(F)F)cc1N1CCC(C(=O)O)CC1. The van der Waals surface area contributed by atoms with Crippen molar-refractivity contribution in [3.63, 3.8) is 0 Å². The minimum Gasteiger partial charge on any atom is -0.497 e. The zero-order valence-electron chi connectivity index (χ0n) is 28.0. The maximum absolute atomic E-state index is 14.6. The molecule has 8 nitrogen and oxygen atoms in total. The molecule has 4 atom stereocenters. The highest BCUT2D eigenvalue weighted by atomic mass is 19.4. The standard InChI is InChI=1S/C37H48F3N3O5/c1-3-48-23-26-19-43(35(44)33-22-42(28-6-4-5-7-28)20-31(33)24-8-11-29(47-2)12-9-24)21-32(26)30-13-10-27(37(38,39)40)18-34(30)41-16-14-25(15-17-41)36(45)46/h8-13,18,25-26,28,31-33H,3-7,14-17,19-23H2,1-2H3,(H,45,46)/t26-,31+,32+,33-/m1/s1. The molecule has 3 saturated heterocycles. The predicted molar refractivity (Wildman–Crippen MR) is 176 cm³/mol. The average Bonchev–Trinajstić information content (AvgIpc) is 3.87. The number of carbonyl (C=O) groups is 2. The maximum Gasteiger partial charge on any atom is 0.416 e. The molecule has 11 heteroatoms. The van der Waals surface area contributed by atoms with E-state index in [0.29, 0.717) is 70.5 Å². The lowest BCUT2D eigenvalue weighted by atomic mass is 9.86. The smallest absolute Gasteiger partial charge is 0.416 e. The molecule has 2 aromatic rings. The molecule has 4 aliphatic rings. The molecule has 1 aliphatic carbocycles. The largest absolute Gasteiger partial charge is 0.497 e. The van der Waals surface area contributed by atoms with E-state index < -0.39 is 23.6 Å². The number of likely N-dealkylation sites (tertiary alicyclic amines) is 2. The third-order valence-electron chi connectivity index (χ3n) is 11.3. The Balaban J connectivity index is 1.29. The van der Waals surface area contributed by atoms with Gasteiger partial charge in [0.2, 0.25) is 5.91 Å². The fourth-order valence-corrected chi connectivity index (χ4v) is 8.59. The molecule has 0 radical (unpaired) electrons. The van der Waals surface area contributed by atoms with Crippen molar-refractivity contribution in [2.24, 2.45) is 17.8 Å². The molecule has 3 aliphatic heterocycles. The summed E-state index contributed by atoms with van der Waals surface area (Å²) >= 11 is 0. The van der Waals surface area contributed by atoms with Crippen LogP contribution in [0.5, 0.6) is 5.75 Å². The van der Waals surface area contributed by atoms with Gasteiger partial charge in [0.25, 0.3) is 0 Å². The summed E-state index contributed by atoms with van der Waals surface area (Å²) in [6.45, 7) is 5.92. The third-order valence-corrected chi connectivity index (χ3v) is 11.3.